The first-order valence-electron chi connectivity index (χ1n) is 7.35. The first-order chi connectivity index (χ1) is 10.6. The Labute approximate surface area is 132 Å². The molecule has 0 bridgehead atoms. The van der Waals surface area contributed by atoms with Crippen LogP contribution in [-0.4, -0.2) is 25.5 Å². The van der Waals surface area contributed by atoms with Crippen LogP contribution < -0.4 is 10.2 Å². The highest BCUT2D eigenvalue weighted by Gasteiger charge is 2.12. The Kier molecular flexibility index (Phi) is 5.26. The van der Waals surface area contributed by atoms with Gasteiger partial charge in [0.1, 0.15) is 13.0 Å². The zero-order chi connectivity index (χ0) is 16.1. The molecule has 0 aliphatic carbocycles. The van der Waals surface area contributed by atoms with Crippen LogP contribution in [0.1, 0.15) is 27.0 Å². The van der Waals surface area contributed by atoms with Gasteiger partial charge in [-0.15, -0.1) is 0 Å². The van der Waals surface area contributed by atoms with Crippen molar-refractivity contribution in [2.24, 2.45) is 0 Å². The normalized spacial score (nSPS) is 10.3. The second kappa shape index (κ2) is 7.16. The molecule has 0 fully saturated rings. The van der Waals surface area contributed by atoms with Gasteiger partial charge < -0.3 is 9.84 Å². The van der Waals surface area contributed by atoms with Crippen molar-refractivity contribution < 1.29 is 14.6 Å². The molecule has 0 aliphatic heterocycles. The van der Waals surface area contributed by atoms with Gasteiger partial charge in [-0.2, -0.15) is 0 Å². The van der Waals surface area contributed by atoms with E-state index >= 15 is 0 Å². The molecule has 0 aromatic heterocycles. The number of ether oxygens (including phenoxy) is 1. The number of benzene rings is 2. The molecule has 0 heterocycles. The van der Waals surface area contributed by atoms with Crippen LogP contribution in [0.3, 0.4) is 0 Å². The molecule has 1 radical (unpaired) electrons. The third-order valence-corrected chi connectivity index (χ3v) is 3.98. The van der Waals surface area contributed by atoms with Crippen molar-refractivity contribution in [1.29, 1.82) is 0 Å². The summed E-state index contributed by atoms with van der Waals surface area (Å²) in [7, 11) is 3.57. The second-order valence-corrected chi connectivity index (χ2v) is 5.25. The van der Waals surface area contributed by atoms with Crippen LogP contribution >= 0.6 is 0 Å². The maximum atomic E-state index is 11.4. The summed E-state index contributed by atoms with van der Waals surface area (Å²) in [5.41, 5.74) is 4.47. The molecule has 22 heavy (non-hydrogen) atoms. The highest BCUT2D eigenvalue weighted by molar-refractivity contribution is 6.52. The number of carboxylic acids is 1. The van der Waals surface area contributed by atoms with Crippen molar-refractivity contribution >= 4 is 18.7 Å². The largest absolute Gasteiger partial charge is 0.496 e. The molecule has 0 saturated heterocycles. The van der Waals surface area contributed by atoms with Gasteiger partial charge in [0, 0.05) is 0 Å². The van der Waals surface area contributed by atoms with Gasteiger partial charge in [-0.3, -0.25) is 0 Å². The Bertz CT molecular complexity index is 680. The molecule has 0 atom stereocenters. The van der Waals surface area contributed by atoms with E-state index in [9.17, 15) is 9.90 Å². The van der Waals surface area contributed by atoms with Crippen molar-refractivity contribution in [2.75, 3.05) is 7.11 Å². The van der Waals surface area contributed by atoms with Crippen LogP contribution in [0.25, 0.3) is 0 Å². The third kappa shape index (κ3) is 3.51. The molecule has 2 rings (SSSR count). The summed E-state index contributed by atoms with van der Waals surface area (Å²) >= 11 is 0. The minimum absolute atomic E-state index is 0.385. The van der Waals surface area contributed by atoms with E-state index in [0.717, 1.165) is 28.8 Å². The molecule has 2 aromatic carbocycles. The SMILES string of the molecule is C[B]c1ccc(CCc2cccc(OC)c2C)c(C(=O)O)c1. The van der Waals surface area contributed by atoms with Crippen LogP contribution in [0.2, 0.25) is 6.82 Å². The van der Waals surface area contributed by atoms with E-state index in [1.54, 1.807) is 13.2 Å². The van der Waals surface area contributed by atoms with Crippen molar-refractivity contribution in [2.45, 2.75) is 26.6 Å². The van der Waals surface area contributed by atoms with Gasteiger partial charge in [0.15, 0.2) is 0 Å². The molecule has 4 heteroatoms. The van der Waals surface area contributed by atoms with E-state index in [4.69, 9.17) is 4.74 Å². The second-order valence-electron chi connectivity index (χ2n) is 5.25. The summed E-state index contributed by atoms with van der Waals surface area (Å²) in [5.74, 6) is -0.00652. The predicted octanol–water partition coefficient (Wildman–Crippen LogP) is 2.86. The zero-order valence-electron chi connectivity index (χ0n) is 13.2. The number of carbonyl (C=O) groups is 1. The van der Waals surface area contributed by atoms with E-state index < -0.39 is 5.97 Å². The summed E-state index contributed by atoms with van der Waals surface area (Å²) in [6, 6.07) is 11.6. The lowest BCUT2D eigenvalue weighted by molar-refractivity contribution is 0.0696. The summed E-state index contributed by atoms with van der Waals surface area (Å²) < 4.78 is 5.33. The zero-order valence-corrected chi connectivity index (χ0v) is 13.2. The molecule has 2 aromatic rings. The van der Waals surface area contributed by atoms with Crippen LogP contribution in [0.5, 0.6) is 5.75 Å². The topological polar surface area (TPSA) is 46.5 Å². The molecule has 1 N–H and O–H groups in total. The number of aryl methyl sites for hydroxylation is 2. The Morgan fingerprint density at radius 1 is 1.18 bits per heavy atom. The van der Waals surface area contributed by atoms with Crippen molar-refractivity contribution in [1.82, 2.24) is 0 Å². The van der Waals surface area contributed by atoms with Crippen LogP contribution in [0.4, 0.5) is 0 Å². The van der Waals surface area contributed by atoms with Crippen molar-refractivity contribution in [3.05, 3.63) is 58.7 Å². The van der Waals surface area contributed by atoms with E-state index in [0.29, 0.717) is 12.0 Å². The summed E-state index contributed by atoms with van der Waals surface area (Å²) in [6.07, 6.45) is 1.48. The Morgan fingerprint density at radius 3 is 2.55 bits per heavy atom. The van der Waals surface area contributed by atoms with Crippen molar-refractivity contribution in [3.63, 3.8) is 0 Å². The fourth-order valence-electron chi connectivity index (χ4n) is 2.61. The molecule has 0 saturated carbocycles. The average Bonchev–Trinajstić information content (AvgIpc) is 2.53. The van der Waals surface area contributed by atoms with E-state index in [-0.39, 0.29) is 0 Å². The lowest BCUT2D eigenvalue weighted by atomic mass is 9.72. The summed E-state index contributed by atoms with van der Waals surface area (Å²) in [4.78, 5) is 11.4. The van der Waals surface area contributed by atoms with Gasteiger partial charge in [-0.1, -0.05) is 42.6 Å². The van der Waals surface area contributed by atoms with Crippen LogP contribution in [0, 0.1) is 6.92 Å². The van der Waals surface area contributed by atoms with Crippen LogP contribution in [-0.2, 0) is 12.8 Å². The van der Waals surface area contributed by atoms with Crippen LogP contribution in [0.15, 0.2) is 36.4 Å². The maximum absolute atomic E-state index is 11.4. The number of hydrogen-bond acceptors (Lipinski definition) is 2. The number of rotatable bonds is 6. The smallest absolute Gasteiger partial charge is 0.335 e. The molecular weight excluding hydrogens is 275 g/mol. The number of carboxylic acid groups (broad SMARTS) is 1. The van der Waals surface area contributed by atoms with Crippen molar-refractivity contribution in [3.8, 4) is 5.75 Å². The maximum Gasteiger partial charge on any atom is 0.335 e. The molecule has 0 aliphatic rings. The first kappa shape index (κ1) is 16.2. The number of aromatic carboxylic acids is 1. The molecule has 0 unspecified atom stereocenters. The van der Waals surface area contributed by atoms with Gasteiger partial charge >= 0.3 is 5.97 Å². The minimum Gasteiger partial charge on any atom is -0.496 e. The third-order valence-electron chi connectivity index (χ3n) is 3.98. The molecule has 0 spiro atoms. The van der Waals surface area contributed by atoms with Gasteiger partial charge in [0.2, 0.25) is 0 Å². The molecule has 3 nitrogen and oxygen atoms in total. The predicted molar refractivity (Wildman–Crippen MR) is 89.8 cm³/mol. The Hall–Kier alpha value is -2.23. The first-order valence-corrected chi connectivity index (χ1v) is 7.35. The van der Waals surface area contributed by atoms with Gasteiger partial charge in [-0.05, 0) is 42.5 Å². The average molecular weight is 295 g/mol. The minimum atomic E-state index is -0.874. The highest BCUT2D eigenvalue weighted by Crippen LogP contribution is 2.22. The Balaban J connectivity index is 2.23. The quantitative estimate of drug-likeness (QED) is 0.834. The lowest BCUT2D eigenvalue weighted by Crippen LogP contribution is -2.15. The highest BCUT2D eigenvalue weighted by atomic mass is 16.5. The van der Waals surface area contributed by atoms with E-state index in [1.807, 2.05) is 45.3 Å². The standard InChI is InChI=1S/C18H20BO3/c1-12-13(5-4-6-17(12)22-3)7-8-14-9-10-15(19-2)11-16(14)18(20)21/h4-6,9-11H,7-8H2,1-3H3,(H,20,21). The van der Waals surface area contributed by atoms with E-state index in [1.165, 1.54) is 5.56 Å². The van der Waals surface area contributed by atoms with Gasteiger partial charge in [-0.25, -0.2) is 4.79 Å². The van der Waals surface area contributed by atoms with E-state index in [2.05, 4.69) is 6.07 Å². The number of methoxy groups -OCH3 is 1. The molecule has 113 valence electrons. The Morgan fingerprint density at radius 2 is 1.91 bits per heavy atom. The monoisotopic (exact) mass is 295 g/mol. The van der Waals surface area contributed by atoms with Gasteiger partial charge in [0.25, 0.3) is 0 Å². The summed E-state index contributed by atoms with van der Waals surface area (Å²) in [5, 5.41) is 9.39. The fourth-order valence-corrected chi connectivity index (χ4v) is 2.61. The lowest BCUT2D eigenvalue weighted by Gasteiger charge is -2.12. The summed E-state index contributed by atoms with van der Waals surface area (Å²) in [6.45, 7) is 3.93. The molecule has 0 amide bonds. The number of hydrogen-bond donors (Lipinski definition) is 1. The fraction of sp³-hybridized carbons (Fsp3) is 0.278. The molecular formula is C18H20BO3. The van der Waals surface area contributed by atoms with Gasteiger partial charge in [0.05, 0.1) is 12.7 Å².